The van der Waals surface area contributed by atoms with Gasteiger partial charge in [-0.25, -0.2) is 18.7 Å². The van der Waals surface area contributed by atoms with Crippen LogP contribution in [0.3, 0.4) is 0 Å². The Labute approximate surface area is 476 Å². The van der Waals surface area contributed by atoms with Crippen LogP contribution in [0.2, 0.25) is 0 Å². The molecule has 4 aliphatic rings. The van der Waals surface area contributed by atoms with Gasteiger partial charge in [-0.15, -0.1) is 0 Å². The number of aliphatic hydroxyl groups is 10. The zero-order valence-electron chi connectivity index (χ0n) is 43.9. The second-order valence-electron chi connectivity index (χ2n) is 18.7. The molecule has 0 aromatic carbocycles. The zero-order chi connectivity index (χ0) is 63.8. The smallest absolute Gasteiger partial charge is 0.472 e. The Balaban J connectivity index is 1.91. The molecular formula is C42H66N2O39P2. The third kappa shape index (κ3) is 20.2. The average Bonchev–Trinajstić information content (AvgIpc) is 1.16. The van der Waals surface area contributed by atoms with Crippen molar-refractivity contribution in [3.05, 3.63) is 0 Å². The molecule has 85 heavy (non-hydrogen) atoms. The summed E-state index contributed by atoms with van der Waals surface area (Å²) < 4.78 is 94.2. The molecule has 0 aromatic rings. The van der Waals surface area contributed by atoms with Gasteiger partial charge in [-0.1, -0.05) is 0 Å². The van der Waals surface area contributed by atoms with E-state index >= 15 is 0 Å². The number of rotatable bonds is 34. The average molecular weight is 1280 g/mol. The van der Waals surface area contributed by atoms with Crippen LogP contribution in [0, 0.1) is 0 Å². The number of carboxylic acids is 2. The summed E-state index contributed by atoms with van der Waals surface area (Å²) in [5, 5.41) is 129. The van der Waals surface area contributed by atoms with Gasteiger partial charge in [0.15, 0.2) is 24.8 Å². The van der Waals surface area contributed by atoms with Crippen LogP contribution in [0.4, 0.5) is 0 Å². The van der Waals surface area contributed by atoms with Crippen molar-refractivity contribution in [1.29, 1.82) is 0 Å². The van der Waals surface area contributed by atoms with E-state index in [-0.39, 0.29) is 12.9 Å². The van der Waals surface area contributed by atoms with Crippen LogP contribution in [0.25, 0.3) is 0 Å². The summed E-state index contributed by atoms with van der Waals surface area (Å²) in [6, 6.07) is -4.35. The van der Waals surface area contributed by atoms with E-state index < -0.39 is 264 Å². The number of amides is 2. The minimum absolute atomic E-state index is 0.0928. The number of carboxylic acid groups (broad SMARTS) is 2. The highest BCUT2D eigenvalue weighted by atomic mass is 31.2. The van der Waals surface area contributed by atoms with Crippen molar-refractivity contribution in [1.82, 2.24) is 10.6 Å². The lowest BCUT2D eigenvalue weighted by Crippen LogP contribution is -2.69. The van der Waals surface area contributed by atoms with Gasteiger partial charge in [-0.2, -0.15) is 0 Å². The zero-order valence-corrected chi connectivity index (χ0v) is 45.7. The van der Waals surface area contributed by atoms with E-state index in [4.69, 9.17) is 51.7 Å². The highest BCUT2D eigenvalue weighted by molar-refractivity contribution is 7.46. The maximum absolute atomic E-state index is 13.5. The maximum Gasteiger partial charge on any atom is 0.472 e. The Morgan fingerprint density at radius 2 is 1.11 bits per heavy atom. The number of carbonyl (C=O) groups is 8. The molecule has 43 heteroatoms. The molecule has 41 nitrogen and oxygen atoms in total. The fraction of sp³-hybridized carbons (Fsp3) is 0.810. The molecule has 0 aliphatic carbocycles. The Morgan fingerprint density at radius 3 is 1.65 bits per heavy atom. The van der Waals surface area contributed by atoms with Gasteiger partial charge in [0.2, 0.25) is 11.8 Å². The largest absolute Gasteiger partial charge is 0.477 e. The van der Waals surface area contributed by atoms with Crippen LogP contribution in [0.15, 0.2) is 0 Å². The van der Waals surface area contributed by atoms with Crippen LogP contribution >= 0.6 is 15.6 Å². The normalized spacial score (nSPS) is 34.1. The number of hydrogen-bond acceptors (Lipinski definition) is 33. The molecule has 0 saturated carbocycles. The molecule has 488 valence electrons. The van der Waals surface area contributed by atoms with E-state index in [2.05, 4.69) is 20.1 Å². The second-order valence-corrected chi connectivity index (χ2v) is 21.1. The quantitative estimate of drug-likeness (QED) is 0.00935. The molecule has 0 aromatic heterocycles. The summed E-state index contributed by atoms with van der Waals surface area (Å²) in [5.74, 6) is -16.5. The van der Waals surface area contributed by atoms with Crippen molar-refractivity contribution < 1.29 is 189 Å². The first-order valence-electron chi connectivity index (χ1n) is 25.0. The lowest BCUT2D eigenvalue weighted by atomic mass is 9.90. The molecule has 0 radical (unpaired) electrons. The van der Waals surface area contributed by atoms with Crippen LogP contribution in [-0.4, -0.2) is 304 Å². The molecule has 4 saturated heterocycles. The number of carbonyl (C=O) groups excluding carboxylic acids is 6. The molecule has 2 amide bonds. The Kier molecular flexibility index (Phi) is 27.8. The predicted molar refractivity (Wildman–Crippen MR) is 254 cm³/mol. The van der Waals surface area contributed by atoms with Gasteiger partial charge in [0.05, 0.1) is 77.7 Å². The highest BCUT2D eigenvalue weighted by Gasteiger charge is 2.62. The van der Waals surface area contributed by atoms with Gasteiger partial charge < -0.3 is 144 Å². The molecule has 18 N–H and O–H groups in total. The summed E-state index contributed by atoms with van der Waals surface area (Å²) in [6.45, 7) is -8.91. The lowest BCUT2D eigenvalue weighted by Gasteiger charge is -2.50. The first-order chi connectivity index (χ1) is 39.8. The molecule has 4 fully saturated rings. The van der Waals surface area contributed by atoms with E-state index in [1.54, 1.807) is 0 Å². The number of phosphoric acid groups is 2. The highest BCUT2D eigenvalue weighted by Crippen LogP contribution is 2.45. The van der Waals surface area contributed by atoms with E-state index in [1.165, 1.54) is 0 Å². The van der Waals surface area contributed by atoms with Crippen molar-refractivity contribution in [2.45, 2.75) is 160 Å². The van der Waals surface area contributed by atoms with E-state index in [9.17, 15) is 128 Å². The van der Waals surface area contributed by atoms with Crippen molar-refractivity contribution in [3.8, 4) is 0 Å². The van der Waals surface area contributed by atoms with Gasteiger partial charge >= 0.3 is 39.5 Å². The first kappa shape index (κ1) is 72.8. The molecule has 4 rings (SSSR count). The maximum atomic E-state index is 13.5. The SMILES string of the molecule is O=COCCC(=O)N[C@H]1[C@H](OC[C@H]2O[C@H](OP(=O)(O)O)[C@H](NC(=O)CCO)[C@@H](OC(=O)CCO)[C@@H]2O)O[C@H](CO[C@]2(C(=O)O)C[C@@H](O[C@]3(C(=O)O)C[C@@H](O)[C@@H](O)[C@@H]([C@H](O)CO)O3)[C@@H](O)[C@@H]([C@H](O)CO)O2)[C@@H](OP(=O)(O)O)[C@@H]1OC(=O)CCOC=O. The molecule has 0 bridgehead atoms. The predicted octanol–water partition coefficient (Wildman–Crippen LogP) is -10.6. The van der Waals surface area contributed by atoms with E-state index in [0.717, 1.165) is 0 Å². The molecule has 20 atom stereocenters. The fourth-order valence-electron chi connectivity index (χ4n) is 8.88. The minimum Gasteiger partial charge on any atom is -0.477 e. The molecule has 0 unspecified atom stereocenters. The van der Waals surface area contributed by atoms with Crippen LogP contribution < -0.4 is 10.6 Å². The van der Waals surface area contributed by atoms with Gasteiger partial charge in [0.25, 0.3) is 24.5 Å². The number of esters is 2. The molecule has 0 spiro atoms. The van der Waals surface area contributed by atoms with Gasteiger partial charge in [-0.3, -0.25) is 37.8 Å². The van der Waals surface area contributed by atoms with Gasteiger partial charge in [-0.05, 0) is 0 Å². The number of aliphatic carboxylic acids is 2. The number of ether oxygens (including phenoxy) is 11. The number of aliphatic hydroxyl groups excluding tert-OH is 10. The Morgan fingerprint density at radius 1 is 0.600 bits per heavy atom. The summed E-state index contributed by atoms with van der Waals surface area (Å²) in [6.07, 6.45) is -43.6. The van der Waals surface area contributed by atoms with Gasteiger partial charge in [0, 0.05) is 19.3 Å². The third-order valence-electron chi connectivity index (χ3n) is 12.8. The van der Waals surface area contributed by atoms with E-state index in [0.29, 0.717) is 0 Å². The van der Waals surface area contributed by atoms with Gasteiger partial charge in [0.1, 0.15) is 79.7 Å². The Bertz CT molecular complexity index is 2350. The summed E-state index contributed by atoms with van der Waals surface area (Å²) in [7, 11) is -11.8. The van der Waals surface area contributed by atoms with Crippen molar-refractivity contribution >= 4 is 64.3 Å². The number of nitrogens with one attached hydrogen (secondary N) is 2. The Hall–Kier alpha value is -4.70. The topological polar surface area (TPSA) is 638 Å². The monoisotopic (exact) mass is 1280 g/mol. The number of hydrogen-bond donors (Lipinski definition) is 18. The fourth-order valence-corrected chi connectivity index (χ4v) is 9.90. The van der Waals surface area contributed by atoms with E-state index in [1.807, 2.05) is 0 Å². The lowest BCUT2D eigenvalue weighted by molar-refractivity contribution is -0.378. The van der Waals surface area contributed by atoms with Crippen LogP contribution in [-0.2, 0) is 109 Å². The third-order valence-corrected chi connectivity index (χ3v) is 13.8. The van der Waals surface area contributed by atoms with Crippen LogP contribution in [0.5, 0.6) is 0 Å². The van der Waals surface area contributed by atoms with Crippen molar-refractivity contribution in [3.63, 3.8) is 0 Å². The summed E-state index contributed by atoms with van der Waals surface area (Å²) in [4.78, 5) is 141. The summed E-state index contributed by atoms with van der Waals surface area (Å²) in [5.41, 5.74) is 0. The minimum atomic E-state index is -6.04. The summed E-state index contributed by atoms with van der Waals surface area (Å²) >= 11 is 0. The molecular weight excluding hydrogens is 1220 g/mol. The second kappa shape index (κ2) is 32.5. The van der Waals surface area contributed by atoms with Crippen LogP contribution in [0.1, 0.15) is 38.5 Å². The first-order valence-corrected chi connectivity index (χ1v) is 28.0. The van der Waals surface area contributed by atoms with Crippen molar-refractivity contribution in [2.24, 2.45) is 0 Å². The standard InChI is InChI=1S/C42H66N2O39P2/c45-5-1-23(54)43-27-35(77-25(56)2-6-46)31(60)21(75-38(27)83-85(68,69)70)13-73-37-28(44-24(55)3-7-71-15-49)36(78-26(57)4-8-72-16-50)34(82-84(65,66)67)22(76-37)14-74-41(39(61)62)10-20(30(59)33(80-41)19(53)12-48)79-42(40(63)64)9-17(51)29(58)32(81-42)18(52)11-47/h15-22,27-38,45-48,51-53,58-60H,1-14H2,(H,43,54)(H,44,55)(H,61,62)(H,63,64)(H2,65,66,67)(H2,68,69,70)/t17-,18-,19-,20-,21-,22-,27-,28-,29-,30-,31-,32-,33-,34-,35-,36-,37-,38-,41-,42-/m1/s1. The number of phosphoric ester groups is 2. The van der Waals surface area contributed by atoms with Crippen molar-refractivity contribution in [2.75, 3.05) is 52.9 Å². The molecule has 4 heterocycles. The molecule has 4 aliphatic heterocycles.